The molecule has 0 N–H and O–H groups in total. The normalized spacial score (nSPS) is 11.7. The molecular weight excluding hydrogens is 1530 g/mol. The van der Waals surface area contributed by atoms with Crippen molar-refractivity contribution in [3.63, 3.8) is 0 Å². The van der Waals surface area contributed by atoms with E-state index < -0.39 is 0 Å². The first-order chi connectivity index (χ1) is 62.4. The third-order valence-electron chi connectivity index (χ3n) is 25.4. The van der Waals surface area contributed by atoms with Crippen LogP contribution in [0.3, 0.4) is 0 Å². The minimum atomic E-state index is 0.807. The van der Waals surface area contributed by atoms with Gasteiger partial charge < -0.3 is 27.8 Å². The summed E-state index contributed by atoms with van der Waals surface area (Å²) in [6, 6.07) is 172. The van der Waals surface area contributed by atoms with E-state index in [0.717, 1.165) is 178 Å². The lowest BCUT2D eigenvalue weighted by Gasteiger charge is -2.27. The lowest BCUT2D eigenvalue weighted by molar-refractivity contribution is 0.668. The topological polar surface area (TPSA) is 42.6 Å². The molecule has 0 aliphatic carbocycles. The molecule has 0 aliphatic rings. The molecule has 126 heavy (non-hydrogen) atoms. The minimum absolute atomic E-state index is 0.807. The van der Waals surface area contributed by atoms with Crippen molar-refractivity contribution in [2.45, 2.75) is 0 Å². The Bertz CT molecular complexity index is 8180. The van der Waals surface area contributed by atoms with Crippen LogP contribution in [0.2, 0.25) is 0 Å². The molecule has 0 aliphatic heterocycles. The molecule has 0 fully saturated rings. The van der Waals surface area contributed by atoms with Crippen LogP contribution in [0.1, 0.15) is 0 Å². The van der Waals surface area contributed by atoms with Crippen molar-refractivity contribution in [3.8, 4) is 112 Å². The first-order valence-corrected chi connectivity index (χ1v) is 43.1. The number of nitrogens with zero attached hydrogens (tertiary/aromatic N) is 4. The molecule has 24 rings (SSSR count). The number of benzene rings is 20. The Morgan fingerprint density at radius 1 is 0.151 bits per heavy atom. The Morgan fingerprint density at radius 3 is 0.865 bits per heavy atom. The number of anilines is 6. The van der Waals surface area contributed by atoms with Gasteiger partial charge in [-0.3, -0.25) is 0 Å². The predicted octanol–water partition coefficient (Wildman–Crippen LogP) is 33.6. The van der Waals surface area contributed by atoms with E-state index in [9.17, 15) is 0 Å². The summed E-state index contributed by atoms with van der Waals surface area (Å²) in [5.41, 5.74) is 36.7. The van der Waals surface area contributed by atoms with Gasteiger partial charge in [0.2, 0.25) is 0 Å². The van der Waals surface area contributed by atoms with Crippen molar-refractivity contribution in [2.24, 2.45) is 0 Å². The summed E-state index contributed by atoms with van der Waals surface area (Å²) in [7, 11) is 0. The molecule has 0 bridgehead atoms. The Morgan fingerprint density at radius 2 is 0.437 bits per heavy atom. The van der Waals surface area contributed by atoms with Gasteiger partial charge in [0.1, 0.15) is 22.3 Å². The first-order valence-electron chi connectivity index (χ1n) is 43.1. The Balaban J connectivity index is 0.587. The number of fused-ring (bicyclic) bond motifs is 12. The highest BCUT2D eigenvalue weighted by atomic mass is 16.3. The lowest BCUT2D eigenvalue weighted by atomic mass is 9.90. The lowest BCUT2D eigenvalue weighted by Crippen LogP contribution is -2.10. The molecule has 20 aromatic carbocycles. The molecule has 6 nitrogen and oxygen atoms in total. The van der Waals surface area contributed by atoms with Crippen LogP contribution in [-0.4, -0.2) is 9.13 Å². The predicted molar refractivity (Wildman–Crippen MR) is 528 cm³/mol. The van der Waals surface area contributed by atoms with E-state index in [1.807, 2.05) is 6.07 Å². The van der Waals surface area contributed by atoms with Crippen LogP contribution in [0.5, 0.6) is 0 Å². The van der Waals surface area contributed by atoms with E-state index in [0.29, 0.717) is 0 Å². The number of hydrogen-bond acceptors (Lipinski definition) is 4. The standard InChI is InChI=1S/C120H78N4O2/c1-3-22-79(23-4-1)81-46-48-82(49-47-81)83-50-62-93(63-51-83)121(94-64-52-84(53-65-94)86-56-68-96(69-57-86)123-111-39-12-7-32-104(111)105-33-8-13-40-112(105)123)98-29-18-27-90(75-98)103-38-21-45-117-120(103)109-73-61-92(78-118(109)126-117)110-77-88(80-24-5-2-6-25-80)60-72-101(110)89-26-17-30-99(74-89)122(100-31-19-28-91(76-100)102-37-20-44-116-119(102)108-36-11-16-43-115(108)125-116)95-66-54-85(55-67-95)87-58-70-97(71-59-87)124-113-41-14-9-34-106(113)107-35-10-15-42-114(107)124/h1-78H. The van der Waals surface area contributed by atoms with Gasteiger partial charge in [0.15, 0.2) is 0 Å². The van der Waals surface area contributed by atoms with Crippen molar-refractivity contribution in [1.29, 1.82) is 0 Å². The molecular formula is C120H78N4O2. The minimum Gasteiger partial charge on any atom is -0.456 e. The van der Waals surface area contributed by atoms with Crippen molar-refractivity contribution < 1.29 is 8.83 Å². The van der Waals surface area contributed by atoms with Gasteiger partial charge in [-0.05, 0) is 258 Å². The zero-order valence-electron chi connectivity index (χ0n) is 68.6. The summed E-state index contributed by atoms with van der Waals surface area (Å²) < 4.78 is 18.4. The molecule has 0 atom stereocenters. The van der Waals surface area contributed by atoms with E-state index in [1.54, 1.807) is 0 Å². The van der Waals surface area contributed by atoms with Gasteiger partial charge in [-0.15, -0.1) is 0 Å². The van der Waals surface area contributed by atoms with E-state index >= 15 is 0 Å². The second kappa shape index (κ2) is 30.7. The SMILES string of the molecule is c1ccc(-c2ccc(-c3ccc(N(c4ccc(-c5ccc(-n6c7ccccc7c7ccccc76)cc5)cc4)c4cccc(-c5cccc6oc7cc(-c8cc(-c9ccccc9)ccc8-c8cccc(N(c9ccc(-c%10ccc(-n%11c%12ccccc%12c%12ccccc%12%11)cc%10)cc9)c9cccc(-c%10cccc%11oc%12ccccc%12c%10%11)c9)c8)ccc7c56)c4)cc3)cc2)cc1. The highest BCUT2D eigenvalue weighted by Gasteiger charge is 2.24. The molecule has 4 aromatic heterocycles. The average molecular weight is 1610 g/mol. The van der Waals surface area contributed by atoms with Crippen LogP contribution in [-0.2, 0) is 0 Å². The van der Waals surface area contributed by atoms with Crippen LogP contribution in [0.15, 0.2) is 482 Å². The van der Waals surface area contributed by atoms with Gasteiger partial charge in [0.25, 0.3) is 0 Å². The first kappa shape index (κ1) is 73.1. The number of aromatic nitrogens is 2. The van der Waals surface area contributed by atoms with E-state index in [-0.39, 0.29) is 0 Å². The summed E-state index contributed by atoms with van der Waals surface area (Å²) in [5, 5.41) is 9.29. The molecule has 0 spiro atoms. The second-order valence-corrected chi connectivity index (χ2v) is 32.6. The van der Waals surface area contributed by atoms with Crippen molar-refractivity contribution in [2.75, 3.05) is 9.80 Å². The highest BCUT2D eigenvalue weighted by molar-refractivity contribution is 6.16. The summed E-state index contributed by atoms with van der Waals surface area (Å²) in [6.07, 6.45) is 0. The monoisotopic (exact) mass is 1610 g/mol. The third kappa shape index (κ3) is 12.9. The summed E-state index contributed by atoms with van der Waals surface area (Å²) in [4.78, 5) is 4.78. The fraction of sp³-hybridized carbons (Fsp3) is 0. The molecule has 4 heterocycles. The van der Waals surface area contributed by atoms with Gasteiger partial charge in [0.05, 0.1) is 22.1 Å². The van der Waals surface area contributed by atoms with Gasteiger partial charge in [0, 0.05) is 88.6 Å². The maximum atomic E-state index is 7.13. The van der Waals surface area contributed by atoms with Gasteiger partial charge in [-0.1, -0.05) is 315 Å². The molecule has 0 radical (unpaired) electrons. The van der Waals surface area contributed by atoms with Crippen LogP contribution in [0.4, 0.5) is 34.1 Å². The summed E-state index contributed by atoms with van der Waals surface area (Å²) in [6.45, 7) is 0. The maximum Gasteiger partial charge on any atom is 0.136 e. The molecule has 0 saturated carbocycles. The molecule has 590 valence electrons. The van der Waals surface area contributed by atoms with Crippen LogP contribution in [0, 0.1) is 0 Å². The number of rotatable bonds is 17. The zero-order chi connectivity index (χ0) is 83.1. The van der Waals surface area contributed by atoms with E-state index in [4.69, 9.17) is 8.83 Å². The fourth-order valence-corrected chi connectivity index (χ4v) is 19.3. The van der Waals surface area contributed by atoms with Crippen LogP contribution >= 0.6 is 0 Å². The van der Waals surface area contributed by atoms with Crippen molar-refractivity contribution >= 4 is 122 Å². The average Bonchev–Trinajstić information content (AvgIpc) is 1.59. The van der Waals surface area contributed by atoms with E-state index in [1.165, 1.54) is 54.7 Å². The van der Waals surface area contributed by atoms with Gasteiger partial charge in [-0.2, -0.15) is 0 Å². The summed E-state index contributed by atoms with van der Waals surface area (Å²) in [5.74, 6) is 0. The van der Waals surface area contributed by atoms with E-state index in [2.05, 4.69) is 486 Å². The van der Waals surface area contributed by atoms with Crippen LogP contribution < -0.4 is 9.80 Å². The fourth-order valence-electron chi connectivity index (χ4n) is 19.3. The van der Waals surface area contributed by atoms with Gasteiger partial charge in [-0.25, -0.2) is 0 Å². The summed E-state index contributed by atoms with van der Waals surface area (Å²) >= 11 is 0. The Hall–Kier alpha value is -16.8. The number of furan rings is 2. The molecule has 0 unspecified atom stereocenters. The maximum absolute atomic E-state index is 7.13. The quantitative estimate of drug-likeness (QED) is 0.0911. The molecule has 0 saturated heterocycles. The number of hydrogen-bond donors (Lipinski definition) is 0. The molecule has 6 heteroatoms. The molecule has 0 amide bonds. The highest BCUT2D eigenvalue weighted by Crippen LogP contribution is 2.48. The molecule has 24 aromatic rings. The Kier molecular flexibility index (Phi) is 17.8. The van der Waals surface area contributed by atoms with Crippen molar-refractivity contribution in [1.82, 2.24) is 9.13 Å². The Labute approximate surface area is 729 Å². The second-order valence-electron chi connectivity index (χ2n) is 32.6. The van der Waals surface area contributed by atoms with Gasteiger partial charge >= 0.3 is 0 Å². The zero-order valence-corrected chi connectivity index (χ0v) is 68.6. The third-order valence-corrected chi connectivity index (χ3v) is 25.4. The number of para-hydroxylation sites is 5. The van der Waals surface area contributed by atoms with Crippen molar-refractivity contribution in [3.05, 3.63) is 473 Å². The van der Waals surface area contributed by atoms with Crippen LogP contribution in [0.25, 0.3) is 199 Å². The largest absolute Gasteiger partial charge is 0.456 e. The smallest absolute Gasteiger partial charge is 0.136 e.